The SMILES string of the molecule is CC(C)CCC(N)CC1CCSCC1. The van der Waals surface area contributed by atoms with Gasteiger partial charge in [-0.05, 0) is 55.4 Å². The van der Waals surface area contributed by atoms with E-state index in [1.54, 1.807) is 0 Å². The molecule has 0 amide bonds. The fraction of sp³-hybridized carbons (Fsp3) is 1.00. The van der Waals surface area contributed by atoms with Crippen molar-refractivity contribution in [1.29, 1.82) is 0 Å². The fourth-order valence-electron chi connectivity index (χ4n) is 2.08. The highest BCUT2D eigenvalue weighted by Crippen LogP contribution is 2.26. The molecule has 1 nitrogen and oxygen atoms in total. The van der Waals surface area contributed by atoms with Crippen LogP contribution >= 0.6 is 11.8 Å². The molecule has 1 unspecified atom stereocenters. The third-order valence-electron chi connectivity index (χ3n) is 3.09. The second kappa shape index (κ2) is 6.73. The van der Waals surface area contributed by atoms with Crippen molar-refractivity contribution in [2.45, 2.75) is 52.0 Å². The number of thioether (sulfide) groups is 1. The Morgan fingerprint density at radius 1 is 1.21 bits per heavy atom. The van der Waals surface area contributed by atoms with Crippen LogP contribution in [0, 0.1) is 11.8 Å². The minimum absolute atomic E-state index is 0.463. The van der Waals surface area contributed by atoms with E-state index in [1.807, 2.05) is 0 Å². The molecule has 2 heteroatoms. The van der Waals surface area contributed by atoms with Crippen LogP contribution < -0.4 is 5.73 Å². The minimum Gasteiger partial charge on any atom is -0.328 e. The Labute approximate surface area is 93.2 Å². The Morgan fingerprint density at radius 2 is 1.86 bits per heavy atom. The standard InChI is InChI=1S/C12H25NS/c1-10(2)3-4-12(13)9-11-5-7-14-8-6-11/h10-12H,3-9,13H2,1-2H3. The predicted octanol–water partition coefficient (Wildman–Crippen LogP) is 3.28. The van der Waals surface area contributed by atoms with Crippen LogP contribution in [0.1, 0.15) is 46.0 Å². The van der Waals surface area contributed by atoms with Crippen LogP contribution in [-0.4, -0.2) is 17.5 Å². The van der Waals surface area contributed by atoms with E-state index in [1.165, 1.54) is 43.6 Å². The number of hydrogen-bond acceptors (Lipinski definition) is 2. The van der Waals surface area contributed by atoms with E-state index in [9.17, 15) is 0 Å². The van der Waals surface area contributed by atoms with E-state index in [4.69, 9.17) is 5.73 Å². The quantitative estimate of drug-likeness (QED) is 0.761. The normalized spacial score (nSPS) is 21.4. The molecule has 0 radical (unpaired) electrons. The van der Waals surface area contributed by atoms with E-state index in [2.05, 4.69) is 25.6 Å². The van der Waals surface area contributed by atoms with Crippen molar-refractivity contribution in [3.63, 3.8) is 0 Å². The van der Waals surface area contributed by atoms with E-state index in [0.29, 0.717) is 6.04 Å². The lowest BCUT2D eigenvalue weighted by atomic mass is 9.91. The molecule has 0 spiro atoms. The minimum atomic E-state index is 0.463. The molecule has 0 saturated carbocycles. The lowest BCUT2D eigenvalue weighted by Crippen LogP contribution is -2.25. The first-order valence-corrected chi connectivity index (χ1v) is 7.17. The molecule has 0 aliphatic carbocycles. The molecule has 1 rings (SSSR count). The van der Waals surface area contributed by atoms with Crippen molar-refractivity contribution < 1.29 is 0 Å². The molecule has 1 aliphatic heterocycles. The largest absolute Gasteiger partial charge is 0.328 e. The maximum absolute atomic E-state index is 6.15. The predicted molar refractivity (Wildman–Crippen MR) is 66.7 cm³/mol. The Bertz CT molecular complexity index is 141. The summed E-state index contributed by atoms with van der Waals surface area (Å²) >= 11 is 2.10. The summed E-state index contributed by atoms with van der Waals surface area (Å²) in [5.41, 5.74) is 6.15. The first-order chi connectivity index (χ1) is 6.68. The summed E-state index contributed by atoms with van der Waals surface area (Å²) in [6, 6.07) is 0.463. The highest BCUT2D eigenvalue weighted by atomic mass is 32.2. The molecule has 1 atom stereocenters. The Hall–Kier alpha value is 0.310. The van der Waals surface area contributed by atoms with Crippen molar-refractivity contribution in [2.75, 3.05) is 11.5 Å². The highest BCUT2D eigenvalue weighted by Gasteiger charge is 2.16. The summed E-state index contributed by atoms with van der Waals surface area (Å²) < 4.78 is 0. The zero-order valence-corrected chi connectivity index (χ0v) is 10.5. The van der Waals surface area contributed by atoms with Crippen molar-refractivity contribution in [1.82, 2.24) is 0 Å². The second-order valence-corrected chi connectivity index (χ2v) is 6.25. The summed E-state index contributed by atoms with van der Waals surface area (Å²) in [5, 5.41) is 0. The molecule has 84 valence electrons. The maximum atomic E-state index is 6.15. The number of rotatable bonds is 5. The summed E-state index contributed by atoms with van der Waals surface area (Å²) in [6.45, 7) is 4.56. The average Bonchev–Trinajstić information content (AvgIpc) is 2.16. The number of hydrogen-bond donors (Lipinski definition) is 1. The molecule has 2 N–H and O–H groups in total. The van der Waals surface area contributed by atoms with Crippen LogP contribution in [-0.2, 0) is 0 Å². The van der Waals surface area contributed by atoms with E-state index in [-0.39, 0.29) is 0 Å². The van der Waals surface area contributed by atoms with Crippen molar-refractivity contribution in [3.8, 4) is 0 Å². The summed E-state index contributed by atoms with van der Waals surface area (Å²) in [5.74, 6) is 4.46. The molecule has 0 aromatic carbocycles. The van der Waals surface area contributed by atoms with Crippen LogP contribution in [0.2, 0.25) is 0 Å². The molecule has 0 aromatic heterocycles. The summed E-state index contributed by atoms with van der Waals surface area (Å²) in [6.07, 6.45) is 6.59. The van der Waals surface area contributed by atoms with Gasteiger partial charge in [0, 0.05) is 6.04 Å². The van der Waals surface area contributed by atoms with Gasteiger partial charge >= 0.3 is 0 Å². The van der Waals surface area contributed by atoms with Crippen molar-refractivity contribution >= 4 is 11.8 Å². The molecular formula is C12H25NS. The molecule has 1 fully saturated rings. The van der Waals surface area contributed by atoms with Gasteiger partial charge in [0.1, 0.15) is 0 Å². The molecule has 14 heavy (non-hydrogen) atoms. The topological polar surface area (TPSA) is 26.0 Å². The van der Waals surface area contributed by atoms with Crippen LogP contribution in [0.3, 0.4) is 0 Å². The Morgan fingerprint density at radius 3 is 2.43 bits per heavy atom. The first kappa shape index (κ1) is 12.4. The molecular weight excluding hydrogens is 190 g/mol. The zero-order valence-electron chi connectivity index (χ0n) is 9.67. The fourth-order valence-corrected chi connectivity index (χ4v) is 3.28. The lowest BCUT2D eigenvalue weighted by molar-refractivity contribution is 0.378. The lowest BCUT2D eigenvalue weighted by Gasteiger charge is -2.24. The van der Waals surface area contributed by atoms with Crippen LogP contribution in [0.15, 0.2) is 0 Å². The van der Waals surface area contributed by atoms with Gasteiger partial charge in [-0.25, -0.2) is 0 Å². The molecule has 1 heterocycles. The number of nitrogens with two attached hydrogens (primary N) is 1. The smallest absolute Gasteiger partial charge is 0.00415 e. The van der Waals surface area contributed by atoms with Crippen LogP contribution in [0.25, 0.3) is 0 Å². The van der Waals surface area contributed by atoms with Crippen molar-refractivity contribution in [3.05, 3.63) is 0 Å². The summed E-state index contributed by atoms with van der Waals surface area (Å²) in [7, 11) is 0. The van der Waals surface area contributed by atoms with Crippen LogP contribution in [0.5, 0.6) is 0 Å². The Balaban J connectivity index is 2.09. The van der Waals surface area contributed by atoms with E-state index >= 15 is 0 Å². The first-order valence-electron chi connectivity index (χ1n) is 6.01. The molecule has 0 aromatic rings. The van der Waals surface area contributed by atoms with Gasteiger partial charge in [-0.2, -0.15) is 11.8 Å². The van der Waals surface area contributed by atoms with E-state index < -0.39 is 0 Å². The zero-order chi connectivity index (χ0) is 10.4. The van der Waals surface area contributed by atoms with Gasteiger partial charge in [-0.15, -0.1) is 0 Å². The van der Waals surface area contributed by atoms with Crippen LogP contribution in [0.4, 0.5) is 0 Å². The van der Waals surface area contributed by atoms with Gasteiger partial charge in [-0.3, -0.25) is 0 Å². The third kappa shape index (κ3) is 5.26. The van der Waals surface area contributed by atoms with Gasteiger partial charge < -0.3 is 5.73 Å². The van der Waals surface area contributed by atoms with Crippen molar-refractivity contribution in [2.24, 2.45) is 17.6 Å². The van der Waals surface area contributed by atoms with Gasteiger partial charge in [0.25, 0.3) is 0 Å². The summed E-state index contributed by atoms with van der Waals surface area (Å²) in [4.78, 5) is 0. The van der Waals surface area contributed by atoms with E-state index in [0.717, 1.165) is 11.8 Å². The molecule has 0 bridgehead atoms. The van der Waals surface area contributed by atoms with Gasteiger partial charge in [0.15, 0.2) is 0 Å². The van der Waals surface area contributed by atoms with Gasteiger partial charge in [0.2, 0.25) is 0 Å². The highest BCUT2D eigenvalue weighted by molar-refractivity contribution is 7.99. The molecule has 1 saturated heterocycles. The third-order valence-corrected chi connectivity index (χ3v) is 4.14. The molecule has 1 aliphatic rings. The average molecular weight is 215 g/mol. The Kier molecular flexibility index (Phi) is 5.95. The maximum Gasteiger partial charge on any atom is 0.00415 e. The van der Waals surface area contributed by atoms with Gasteiger partial charge in [0.05, 0.1) is 0 Å². The van der Waals surface area contributed by atoms with Gasteiger partial charge in [-0.1, -0.05) is 13.8 Å². The monoisotopic (exact) mass is 215 g/mol. The second-order valence-electron chi connectivity index (χ2n) is 5.02.